The zero-order valence-corrected chi connectivity index (χ0v) is 22.8. The van der Waals surface area contributed by atoms with Crippen molar-refractivity contribution in [1.82, 2.24) is 14.9 Å². The van der Waals surface area contributed by atoms with Gasteiger partial charge in [-0.2, -0.15) is 0 Å². The Balaban J connectivity index is 1.82. The van der Waals surface area contributed by atoms with Crippen LogP contribution in [0.5, 0.6) is 0 Å². The van der Waals surface area contributed by atoms with Gasteiger partial charge in [-0.15, -0.1) is 0 Å². The standard InChI is InChI=1S/C20H13Br4ClN4O/c1-19(2)4-3-11-20(13-10(26-11)5-8(21)14(22)15(13)23)6-12(30)29(20)7-9(25)16-17(19)28-18(24)27-16/h3-5,7H,6H2,1-2H3,(H,27,28)/b4-3+,9-7-/t20-/m1/s1. The van der Waals surface area contributed by atoms with Gasteiger partial charge in [0.05, 0.1) is 28.5 Å². The summed E-state index contributed by atoms with van der Waals surface area (Å²) in [5, 5.41) is 0.392. The summed E-state index contributed by atoms with van der Waals surface area (Å²) in [7, 11) is 0. The highest BCUT2D eigenvalue weighted by Gasteiger charge is 2.59. The molecule has 0 bridgehead atoms. The molecule has 1 atom stereocenters. The molecule has 154 valence electrons. The van der Waals surface area contributed by atoms with E-state index in [0.29, 0.717) is 21.9 Å². The van der Waals surface area contributed by atoms with E-state index in [1.807, 2.05) is 12.1 Å². The summed E-state index contributed by atoms with van der Waals surface area (Å²) in [5.74, 6) is -0.0240. The number of nitrogens with one attached hydrogen (secondary N) is 1. The molecule has 1 N–H and O–H groups in total. The van der Waals surface area contributed by atoms with Crippen molar-refractivity contribution in [2.24, 2.45) is 4.99 Å². The minimum Gasteiger partial charge on any atom is -0.335 e. The molecule has 5 rings (SSSR count). The van der Waals surface area contributed by atoms with Crippen LogP contribution in [-0.4, -0.2) is 26.5 Å². The zero-order chi connectivity index (χ0) is 21.6. The molecule has 1 aromatic carbocycles. The zero-order valence-electron chi connectivity index (χ0n) is 15.7. The number of nitrogens with zero attached hydrogens (tertiary/aromatic N) is 3. The van der Waals surface area contributed by atoms with Crippen LogP contribution in [-0.2, 0) is 15.7 Å². The Morgan fingerprint density at radius 1 is 1.20 bits per heavy atom. The van der Waals surface area contributed by atoms with Gasteiger partial charge in [0, 0.05) is 30.6 Å². The number of benzene rings is 1. The van der Waals surface area contributed by atoms with Crippen LogP contribution in [0.25, 0.3) is 5.03 Å². The van der Waals surface area contributed by atoms with Gasteiger partial charge in [-0.3, -0.25) is 9.79 Å². The van der Waals surface area contributed by atoms with E-state index in [9.17, 15) is 4.79 Å². The van der Waals surface area contributed by atoms with Crippen molar-refractivity contribution >= 4 is 97.7 Å². The van der Waals surface area contributed by atoms with Gasteiger partial charge in [-0.1, -0.05) is 31.5 Å². The van der Waals surface area contributed by atoms with Crippen LogP contribution in [0.2, 0.25) is 0 Å². The van der Waals surface area contributed by atoms with Crippen LogP contribution >= 0.6 is 75.3 Å². The summed E-state index contributed by atoms with van der Waals surface area (Å²) in [4.78, 5) is 27.2. The maximum absolute atomic E-state index is 12.8. The summed E-state index contributed by atoms with van der Waals surface area (Å²) < 4.78 is 3.21. The van der Waals surface area contributed by atoms with Gasteiger partial charge in [0.1, 0.15) is 11.2 Å². The predicted octanol–water partition coefficient (Wildman–Crippen LogP) is 7.06. The van der Waals surface area contributed by atoms with Gasteiger partial charge < -0.3 is 9.88 Å². The second-order valence-electron chi connectivity index (χ2n) is 7.96. The second-order valence-corrected chi connectivity index (χ2v) is 11.6. The lowest BCUT2D eigenvalue weighted by atomic mass is 9.74. The number of halogens is 5. The Hall–Kier alpha value is -0.740. The first kappa shape index (κ1) is 21.1. The molecule has 1 amide bonds. The third kappa shape index (κ3) is 2.78. The molecule has 1 spiro atoms. The fraction of sp³-hybridized carbons (Fsp3) is 0.250. The number of carbonyl (C=O) groups excluding carboxylic acids is 1. The van der Waals surface area contributed by atoms with Crippen LogP contribution in [0.1, 0.15) is 37.2 Å². The average Bonchev–Trinajstić information content (AvgIpc) is 3.22. The Morgan fingerprint density at radius 3 is 2.63 bits per heavy atom. The van der Waals surface area contributed by atoms with Gasteiger partial charge in [0.15, 0.2) is 4.73 Å². The number of rotatable bonds is 0. The summed E-state index contributed by atoms with van der Waals surface area (Å²) in [6.07, 6.45) is 6.09. The van der Waals surface area contributed by atoms with E-state index < -0.39 is 11.0 Å². The number of carbonyl (C=O) groups is 1. The number of aromatic amines is 1. The average molecular weight is 680 g/mol. The van der Waals surface area contributed by atoms with Crippen molar-refractivity contribution in [2.45, 2.75) is 31.2 Å². The minimum absolute atomic E-state index is 0.0240. The summed E-state index contributed by atoms with van der Waals surface area (Å²) >= 11 is 21.1. The number of fused-ring (bicyclic) bond motifs is 2. The molecule has 1 fully saturated rings. The summed E-state index contributed by atoms with van der Waals surface area (Å²) in [6, 6.07) is 1.96. The number of H-pyrrole nitrogens is 1. The molecule has 5 nitrogen and oxygen atoms in total. The lowest BCUT2D eigenvalue weighted by Crippen LogP contribution is -2.61. The first-order chi connectivity index (χ1) is 14.1. The highest BCUT2D eigenvalue weighted by atomic mass is 79.9. The molecule has 4 heterocycles. The molecule has 2 aromatic rings. The predicted molar refractivity (Wildman–Crippen MR) is 132 cm³/mol. The minimum atomic E-state index is -0.716. The monoisotopic (exact) mass is 676 g/mol. The molecule has 0 radical (unpaired) electrons. The lowest BCUT2D eigenvalue weighted by molar-refractivity contribution is -0.145. The molecule has 1 aromatic heterocycles. The third-order valence-electron chi connectivity index (χ3n) is 5.75. The third-order valence-corrected chi connectivity index (χ3v) is 9.71. The van der Waals surface area contributed by atoms with Crippen LogP contribution in [0.15, 0.2) is 47.6 Å². The highest BCUT2D eigenvalue weighted by molar-refractivity contribution is 9.14. The molecule has 3 aliphatic heterocycles. The normalized spacial score (nSPS) is 26.5. The van der Waals surface area contributed by atoms with E-state index >= 15 is 0 Å². The fourth-order valence-corrected chi connectivity index (χ4v) is 6.58. The number of aromatic nitrogens is 2. The lowest BCUT2D eigenvalue weighted by Gasteiger charge is -2.49. The van der Waals surface area contributed by atoms with E-state index in [4.69, 9.17) is 16.6 Å². The van der Waals surface area contributed by atoms with Crippen molar-refractivity contribution < 1.29 is 4.79 Å². The number of allylic oxidation sites excluding steroid dienone is 1. The summed E-state index contributed by atoms with van der Waals surface area (Å²) in [6.45, 7) is 4.17. The van der Waals surface area contributed by atoms with Gasteiger partial charge in [-0.25, -0.2) is 4.98 Å². The van der Waals surface area contributed by atoms with Crippen LogP contribution in [0, 0.1) is 0 Å². The fourth-order valence-electron chi connectivity index (χ4n) is 4.23. The second kappa shape index (κ2) is 6.88. The first-order valence-corrected chi connectivity index (χ1v) is 12.5. The Bertz CT molecular complexity index is 1250. The number of imidazole rings is 1. The van der Waals surface area contributed by atoms with Crippen molar-refractivity contribution in [2.75, 3.05) is 0 Å². The smallest absolute Gasteiger partial charge is 0.230 e. The molecule has 0 unspecified atom stereocenters. The maximum Gasteiger partial charge on any atom is 0.230 e. The molecule has 0 saturated carbocycles. The maximum atomic E-state index is 12.8. The van der Waals surface area contributed by atoms with Gasteiger partial charge in [0.25, 0.3) is 0 Å². The highest BCUT2D eigenvalue weighted by Crippen LogP contribution is 2.57. The Morgan fingerprint density at radius 2 is 1.93 bits per heavy atom. The van der Waals surface area contributed by atoms with Gasteiger partial charge in [-0.05, 0) is 75.9 Å². The van der Waals surface area contributed by atoms with Crippen molar-refractivity contribution in [3.05, 3.63) is 59.5 Å². The van der Waals surface area contributed by atoms with Crippen LogP contribution in [0.4, 0.5) is 5.69 Å². The largest absolute Gasteiger partial charge is 0.335 e. The quantitative estimate of drug-likeness (QED) is 0.240. The number of hydrogen-bond acceptors (Lipinski definition) is 3. The molecular formula is C20H13Br4ClN4O. The number of hydrogen-bond donors (Lipinski definition) is 1. The van der Waals surface area contributed by atoms with Crippen LogP contribution in [0.3, 0.4) is 0 Å². The molecule has 0 aliphatic carbocycles. The Kier molecular flexibility index (Phi) is 4.84. The van der Waals surface area contributed by atoms with Crippen molar-refractivity contribution in [3.8, 4) is 0 Å². The Labute approximate surface area is 211 Å². The van der Waals surface area contributed by atoms with Gasteiger partial charge in [0.2, 0.25) is 5.91 Å². The van der Waals surface area contributed by atoms with Crippen molar-refractivity contribution in [1.29, 1.82) is 0 Å². The molecule has 10 heteroatoms. The van der Waals surface area contributed by atoms with E-state index in [2.05, 4.69) is 93.6 Å². The van der Waals surface area contributed by atoms with Crippen LogP contribution < -0.4 is 0 Å². The van der Waals surface area contributed by atoms with E-state index in [0.717, 1.165) is 36.1 Å². The molecule has 30 heavy (non-hydrogen) atoms. The topological polar surface area (TPSA) is 61.4 Å². The van der Waals surface area contributed by atoms with E-state index in [1.165, 1.54) is 0 Å². The van der Waals surface area contributed by atoms with E-state index in [-0.39, 0.29) is 5.91 Å². The first-order valence-electron chi connectivity index (χ1n) is 8.98. The number of amides is 1. The van der Waals surface area contributed by atoms with E-state index in [1.54, 1.807) is 11.1 Å². The number of β-lactam (4-membered cyclic amide) rings is 1. The SMILES string of the molecule is CC1(C)/C=C/C2=Nc3cc(Br)c(Br)c(Br)c3[C@@]23CC(=O)N3/C=C(\Cl)c2nc(Br)[nH]c21. The summed E-state index contributed by atoms with van der Waals surface area (Å²) in [5.41, 5.74) is 2.92. The molecule has 1 saturated heterocycles. The molecule has 3 aliphatic rings. The van der Waals surface area contributed by atoms with Crippen molar-refractivity contribution in [3.63, 3.8) is 0 Å². The molecular weight excluding hydrogens is 667 g/mol. The van der Waals surface area contributed by atoms with Gasteiger partial charge >= 0.3 is 0 Å². The number of aliphatic imine (C=N–C) groups is 1.